The maximum Gasteiger partial charge on any atom is 0.0624 e. The Hall–Kier alpha value is -1.34. The first-order chi connectivity index (χ1) is 7.90. The molecule has 0 N–H and O–H groups in total. The monoisotopic (exact) mass is 226 g/mol. The van der Waals surface area contributed by atoms with Crippen molar-refractivity contribution in [2.75, 3.05) is 0 Å². The van der Waals surface area contributed by atoms with Crippen LogP contribution in [0.15, 0.2) is 60.7 Å². The third kappa shape index (κ3) is 2.83. The van der Waals surface area contributed by atoms with Gasteiger partial charge in [-0.25, -0.2) is 0 Å². The summed E-state index contributed by atoms with van der Waals surface area (Å²) in [6, 6.07) is 21.9. The summed E-state index contributed by atoms with van der Waals surface area (Å²) in [6.45, 7) is 2.30. The zero-order valence-electron chi connectivity index (χ0n) is 9.77. The molecule has 0 aromatic heterocycles. The molecule has 0 nitrogen and oxygen atoms in total. The first kappa shape index (κ1) is 11.2. The average molecular weight is 226 g/mol. The minimum absolute atomic E-state index is 0.196. The Bertz CT molecular complexity index is 408. The van der Waals surface area contributed by atoms with E-state index in [1.807, 2.05) is 0 Å². The average Bonchev–Trinajstić information content (AvgIpc) is 2.38. The van der Waals surface area contributed by atoms with Crippen molar-refractivity contribution < 1.29 is 0 Å². The molecule has 0 radical (unpaired) electrons. The van der Waals surface area contributed by atoms with Crippen molar-refractivity contribution in [3.63, 3.8) is 0 Å². The van der Waals surface area contributed by atoms with E-state index in [4.69, 9.17) is 0 Å². The minimum atomic E-state index is -0.196. The molecular weight excluding hydrogens is 208 g/mol. The highest BCUT2D eigenvalue weighted by atomic mass is 28.2. The SMILES string of the molecule is CCC([SiH2]c1ccccc1)c1ccccc1. The van der Waals surface area contributed by atoms with Crippen molar-refractivity contribution in [1.82, 2.24) is 0 Å². The summed E-state index contributed by atoms with van der Waals surface area (Å²) in [5.41, 5.74) is 2.30. The summed E-state index contributed by atoms with van der Waals surface area (Å²) in [5, 5.41) is 1.57. The molecule has 0 bridgehead atoms. The van der Waals surface area contributed by atoms with Crippen LogP contribution in [0.2, 0.25) is 0 Å². The van der Waals surface area contributed by atoms with Crippen molar-refractivity contribution in [3.8, 4) is 0 Å². The summed E-state index contributed by atoms with van der Waals surface area (Å²) < 4.78 is 0. The topological polar surface area (TPSA) is 0 Å². The smallest absolute Gasteiger partial charge is 0.0624 e. The second-order valence-corrected chi connectivity index (χ2v) is 6.42. The van der Waals surface area contributed by atoms with Gasteiger partial charge in [-0.3, -0.25) is 0 Å². The summed E-state index contributed by atoms with van der Waals surface area (Å²) in [5.74, 6) is 0. The van der Waals surface area contributed by atoms with Crippen molar-refractivity contribution >= 4 is 14.7 Å². The Labute approximate surface area is 100 Å². The van der Waals surface area contributed by atoms with Gasteiger partial charge in [0.05, 0.1) is 9.52 Å². The van der Waals surface area contributed by atoms with Crippen LogP contribution in [-0.4, -0.2) is 9.52 Å². The fourth-order valence-electron chi connectivity index (χ4n) is 2.12. The van der Waals surface area contributed by atoms with Gasteiger partial charge in [0.2, 0.25) is 0 Å². The summed E-state index contributed by atoms with van der Waals surface area (Å²) in [6.07, 6.45) is 1.26. The molecule has 0 aliphatic heterocycles. The van der Waals surface area contributed by atoms with Crippen molar-refractivity contribution in [3.05, 3.63) is 66.2 Å². The third-order valence-corrected chi connectivity index (χ3v) is 5.57. The van der Waals surface area contributed by atoms with Gasteiger partial charge in [0.15, 0.2) is 0 Å². The number of rotatable bonds is 4. The standard InChI is InChI=1S/C15H18Si/c1-2-15(13-9-5-3-6-10-13)16-14-11-7-4-8-12-14/h3-12,15H,2,16H2,1H3. The van der Waals surface area contributed by atoms with Crippen LogP contribution < -0.4 is 5.19 Å². The molecule has 0 fully saturated rings. The fraction of sp³-hybridized carbons (Fsp3) is 0.200. The van der Waals surface area contributed by atoms with Gasteiger partial charge in [0, 0.05) is 0 Å². The van der Waals surface area contributed by atoms with Crippen LogP contribution in [0, 0.1) is 0 Å². The highest BCUT2D eigenvalue weighted by Gasteiger charge is 2.09. The fourth-order valence-corrected chi connectivity index (χ4v) is 4.03. The van der Waals surface area contributed by atoms with Crippen LogP contribution in [-0.2, 0) is 0 Å². The molecule has 1 heteroatoms. The first-order valence-corrected chi connectivity index (χ1v) is 7.51. The maximum atomic E-state index is 2.30. The molecule has 0 heterocycles. The van der Waals surface area contributed by atoms with Crippen LogP contribution in [0.25, 0.3) is 0 Å². The molecular formula is C15H18Si. The lowest BCUT2D eigenvalue weighted by Crippen LogP contribution is -2.21. The van der Waals surface area contributed by atoms with Crippen LogP contribution in [0.3, 0.4) is 0 Å². The number of hydrogen-bond acceptors (Lipinski definition) is 0. The lowest BCUT2D eigenvalue weighted by Gasteiger charge is -2.14. The van der Waals surface area contributed by atoms with Gasteiger partial charge in [0.25, 0.3) is 0 Å². The van der Waals surface area contributed by atoms with E-state index in [1.165, 1.54) is 12.0 Å². The zero-order valence-corrected chi connectivity index (χ0v) is 11.2. The molecule has 0 saturated carbocycles. The Morgan fingerprint density at radius 3 is 2.00 bits per heavy atom. The van der Waals surface area contributed by atoms with Gasteiger partial charge in [0.1, 0.15) is 0 Å². The lowest BCUT2D eigenvalue weighted by atomic mass is 10.1. The van der Waals surface area contributed by atoms with E-state index in [-0.39, 0.29) is 9.52 Å². The van der Waals surface area contributed by atoms with E-state index in [0.29, 0.717) is 0 Å². The summed E-state index contributed by atoms with van der Waals surface area (Å²) in [7, 11) is -0.196. The normalized spacial score (nSPS) is 13.1. The van der Waals surface area contributed by atoms with Crippen LogP contribution in [0.5, 0.6) is 0 Å². The molecule has 2 aromatic rings. The molecule has 0 saturated heterocycles. The van der Waals surface area contributed by atoms with Crippen LogP contribution >= 0.6 is 0 Å². The predicted molar refractivity (Wildman–Crippen MR) is 74.1 cm³/mol. The van der Waals surface area contributed by atoms with Gasteiger partial charge in [-0.1, -0.05) is 79.2 Å². The zero-order chi connectivity index (χ0) is 11.2. The van der Waals surface area contributed by atoms with Gasteiger partial charge in [-0.05, 0) is 11.1 Å². The first-order valence-electron chi connectivity index (χ1n) is 5.99. The predicted octanol–water partition coefficient (Wildman–Crippen LogP) is 2.63. The Morgan fingerprint density at radius 1 is 0.875 bits per heavy atom. The van der Waals surface area contributed by atoms with Crippen LogP contribution in [0.4, 0.5) is 0 Å². The van der Waals surface area contributed by atoms with E-state index >= 15 is 0 Å². The van der Waals surface area contributed by atoms with Crippen LogP contribution in [0.1, 0.15) is 24.4 Å². The van der Waals surface area contributed by atoms with E-state index < -0.39 is 0 Å². The molecule has 1 unspecified atom stereocenters. The van der Waals surface area contributed by atoms with E-state index in [1.54, 1.807) is 5.19 Å². The van der Waals surface area contributed by atoms with Gasteiger partial charge < -0.3 is 0 Å². The lowest BCUT2D eigenvalue weighted by molar-refractivity contribution is 0.876. The molecule has 82 valence electrons. The second kappa shape index (κ2) is 5.66. The maximum absolute atomic E-state index is 2.30. The molecule has 0 amide bonds. The van der Waals surface area contributed by atoms with E-state index in [0.717, 1.165) is 5.54 Å². The highest BCUT2D eigenvalue weighted by molar-refractivity contribution is 6.55. The number of hydrogen-bond donors (Lipinski definition) is 0. The Balaban J connectivity index is 2.13. The molecule has 2 rings (SSSR count). The third-order valence-electron chi connectivity index (χ3n) is 3.09. The van der Waals surface area contributed by atoms with E-state index in [9.17, 15) is 0 Å². The molecule has 0 spiro atoms. The molecule has 16 heavy (non-hydrogen) atoms. The highest BCUT2D eigenvalue weighted by Crippen LogP contribution is 2.17. The molecule has 0 aliphatic rings. The Kier molecular flexibility index (Phi) is 3.95. The number of benzene rings is 2. The van der Waals surface area contributed by atoms with Gasteiger partial charge in [-0.15, -0.1) is 0 Å². The van der Waals surface area contributed by atoms with Crippen molar-refractivity contribution in [1.29, 1.82) is 0 Å². The van der Waals surface area contributed by atoms with Gasteiger partial charge >= 0.3 is 0 Å². The van der Waals surface area contributed by atoms with Crippen molar-refractivity contribution in [2.24, 2.45) is 0 Å². The quantitative estimate of drug-likeness (QED) is 0.703. The molecule has 2 aromatic carbocycles. The minimum Gasteiger partial charge on any atom is -0.0663 e. The molecule has 1 atom stereocenters. The summed E-state index contributed by atoms with van der Waals surface area (Å²) in [4.78, 5) is 0. The second-order valence-electron chi connectivity index (χ2n) is 4.21. The Morgan fingerprint density at radius 2 is 1.44 bits per heavy atom. The van der Waals surface area contributed by atoms with Gasteiger partial charge in [-0.2, -0.15) is 0 Å². The summed E-state index contributed by atoms with van der Waals surface area (Å²) >= 11 is 0. The van der Waals surface area contributed by atoms with Crippen molar-refractivity contribution in [2.45, 2.75) is 18.9 Å². The van der Waals surface area contributed by atoms with E-state index in [2.05, 4.69) is 67.6 Å². The molecule has 0 aliphatic carbocycles. The largest absolute Gasteiger partial charge is 0.0663 e.